The smallest absolute Gasteiger partial charge is 0.407 e. The van der Waals surface area contributed by atoms with Gasteiger partial charge in [-0.3, -0.25) is 9.47 Å². The summed E-state index contributed by atoms with van der Waals surface area (Å²) in [5, 5.41) is 10.2. The highest BCUT2D eigenvalue weighted by atomic mass is 35.5. The number of ether oxygens (including phenoxy) is 3. The van der Waals surface area contributed by atoms with Crippen LogP contribution in [0.25, 0.3) is 11.0 Å². The number of benzene rings is 4. The summed E-state index contributed by atoms with van der Waals surface area (Å²) in [6.07, 6.45) is 30.8. The molecular weight excluding hydrogens is 1670 g/mol. The monoisotopic (exact) mass is 1840 g/mol. The molecule has 16 rings (SSSR count). The number of rotatable bonds is 12. The van der Waals surface area contributed by atoms with Crippen LogP contribution >= 0.6 is 23.2 Å². The van der Waals surface area contributed by atoms with E-state index in [4.69, 9.17) is 37.4 Å². The molecule has 1 aromatic heterocycles. The fourth-order valence-electron chi connectivity index (χ4n) is 20.1. The molecule has 10 heterocycles. The quantitative estimate of drug-likeness (QED) is 0.0864. The molecule has 22 nitrogen and oxygen atoms in total. The van der Waals surface area contributed by atoms with E-state index in [0.717, 1.165) is 147 Å². The lowest BCUT2D eigenvalue weighted by molar-refractivity contribution is 0.0477. The topological polar surface area (TPSA) is 185 Å². The van der Waals surface area contributed by atoms with E-state index in [1.54, 1.807) is 0 Å². The number of imidazole rings is 1. The van der Waals surface area contributed by atoms with Crippen molar-refractivity contribution in [2.45, 2.75) is 258 Å². The average Bonchev–Trinajstić information content (AvgIpc) is 1.64. The van der Waals surface area contributed by atoms with Gasteiger partial charge in [0.25, 0.3) is 0 Å². The molecule has 3 amide bonds. The zero-order valence-electron chi connectivity index (χ0n) is 84.4. The first-order valence-electron chi connectivity index (χ1n) is 50.5. The Bertz CT molecular complexity index is 3930. The van der Waals surface area contributed by atoms with Gasteiger partial charge in [-0.1, -0.05) is 128 Å². The minimum Gasteiger partial charge on any atom is -0.444 e. The van der Waals surface area contributed by atoms with Crippen LogP contribution in [-0.2, 0) is 27.2 Å². The summed E-state index contributed by atoms with van der Waals surface area (Å²) in [5.41, 5.74) is 5.08. The number of aromatic amines is 1. The van der Waals surface area contributed by atoms with Crippen molar-refractivity contribution in [1.82, 2.24) is 74.5 Å². The van der Waals surface area contributed by atoms with E-state index < -0.39 is 16.8 Å². The second-order valence-electron chi connectivity index (χ2n) is 43.2. The number of H-pyrrole nitrogens is 1. The number of carbonyl (C=O) groups excluding carboxylic acids is 3. The van der Waals surface area contributed by atoms with Gasteiger partial charge in [-0.25, -0.2) is 19.2 Å². The van der Waals surface area contributed by atoms with Crippen molar-refractivity contribution in [2.24, 2.45) is 41.4 Å². The normalized spacial score (nSPS) is 23.4. The van der Waals surface area contributed by atoms with Crippen molar-refractivity contribution >= 4 is 52.5 Å². The summed E-state index contributed by atoms with van der Waals surface area (Å²) in [4.78, 5) is 73.2. The number of nitrogens with one attached hydrogen (secondary N) is 4. The second kappa shape index (κ2) is 57.2. The highest BCUT2D eigenvalue weighted by Gasteiger charge is 2.33. The molecule has 11 aliphatic rings. The number of hydrogen-bond acceptors (Lipinski definition) is 17. The third kappa shape index (κ3) is 44.3. The van der Waals surface area contributed by atoms with Gasteiger partial charge >= 0.3 is 24.0 Å². The SMILES string of the molecule is CN1CCC(CCNC(=O)OC(C)(C)C)CC1.CN1CCC(Cc2ccccc2)CC1.CN1CCC(NC(=O)OC(C)(C)C)CC1.CN1CCC(c2ccc(Cl)cc2)CC1.CN1CCC(n2c(=O)[nH]c3ccccc32)CC1.CN1CCCC(CNC(=O)OC(C)(C)C)C1.CN1CCN(Cc2ccc(Cl)cc2)CC1.CN1CC[C@@H]2CCCC[C@@H]2C1.CN1CC[C@H]2CCCC[C@@H]2C1. The van der Waals surface area contributed by atoms with Crippen LogP contribution in [0, 0.1) is 41.4 Å². The van der Waals surface area contributed by atoms with Crippen molar-refractivity contribution in [3.05, 3.63) is 140 Å². The molecular formula is C106H179Cl2N15O7. The van der Waals surface area contributed by atoms with Gasteiger partial charge in [-0.2, -0.15) is 0 Å². The van der Waals surface area contributed by atoms with Gasteiger partial charge in [0.05, 0.1) is 11.0 Å². The predicted octanol–water partition coefficient (Wildman–Crippen LogP) is 19.4. The van der Waals surface area contributed by atoms with Crippen LogP contribution in [0.3, 0.4) is 0 Å². The minimum absolute atomic E-state index is 0.0285. The molecule has 0 spiro atoms. The molecule has 24 heteroatoms. The number of hydrogen-bond donors (Lipinski definition) is 4. The lowest BCUT2D eigenvalue weighted by Gasteiger charge is -2.39. The highest BCUT2D eigenvalue weighted by molar-refractivity contribution is 6.30. The first-order chi connectivity index (χ1) is 61.9. The number of likely N-dealkylation sites (tertiary alicyclic amines) is 8. The number of halogens is 2. The van der Waals surface area contributed by atoms with Gasteiger partial charge in [0.2, 0.25) is 0 Å². The zero-order chi connectivity index (χ0) is 94.2. The van der Waals surface area contributed by atoms with E-state index >= 15 is 0 Å². The number of carbonyl (C=O) groups is 3. The minimum atomic E-state index is -0.409. The van der Waals surface area contributed by atoms with Crippen LogP contribution in [0.2, 0.25) is 10.0 Å². The average molecular weight is 1850 g/mol. The zero-order valence-corrected chi connectivity index (χ0v) is 85.9. The Kier molecular flexibility index (Phi) is 48.2. The molecule has 130 heavy (non-hydrogen) atoms. The van der Waals surface area contributed by atoms with Crippen LogP contribution in [-0.4, -0.2) is 307 Å². The Morgan fingerprint density at radius 1 is 0.385 bits per heavy atom. The van der Waals surface area contributed by atoms with E-state index in [2.05, 4.69) is 188 Å². The number of likely N-dealkylation sites (N-methyl/N-ethyl adjacent to an activating group) is 1. The van der Waals surface area contributed by atoms with Gasteiger partial charge < -0.3 is 79.2 Å². The molecule has 1 unspecified atom stereocenters. The number of alkyl carbamates (subject to hydrolysis) is 3. The van der Waals surface area contributed by atoms with Gasteiger partial charge in [0, 0.05) is 87.6 Å². The molecule has 4 N–H and O–H groups in total. The predicted molar refractivity (Wildman–Crippen MR) is 542 cm³/mol. The highest BCUT2D eigenvalue weighted by Crippen LogP contribution is 2.38. The number of amides is 3. The Morgan fingerprint density at radius 2 is 0.808 bits per heavy atom. The molecule has 11 fully saturated rings. The molecule has 0 radical (unpaired) electrons. The molecule has 9 saturated heterocycles. The van der Waals surface area contributed by atoms with Gasteiger partial charge in [-0.05, 0) is 427 Å². The van der Waals surface area contributed by atoms with Crippen molar-refractivity contribution in [3.63, 3.8) is 0 Å². The summed E-state index contributed by atoms with van der Waals surface area (Å²) < 4.78 is 17.5. The molecule has 2 saturated carbocycles. The number of piperidine rings is 8. The first-order valence-corrected chi connectivity index (χ1v) is 51.2. The van der Waals surface area contributed by atoms with Crippen molar-refractivity contribution in [3.8, 4) is 0 Å². The maximum atomic E-state index is 12.0. The summed E-state index contributed by atoms with van der Waals surface area (Å²) in [6.45, 7) is 43.3. The van der Waals surface area contributed by atoms with E-state index in [9.17, 15) is 19.2 Å². The van der Waals surface area contributed by atoms with Crippen molar-refractivity contribution in [1.29, 1.82) is 0 Å². The first kappa shape index (κ1) is 109. The Labute approximate surface area is 797 Å². The van der Waals surface area contributed by atoms with Gasteiger partial charge in [-0.15, -0.1) is 0 Å². The number of aromatic nitrogens is 2. The second-order valence-corrected chi connectivity index (χ2v) is 44.0. The summed E-state index contributed by atoms with van der Waals surface area (Å²) in [5.74, 6) is 7.27. The van der Waals surface area contributed by atoms with E-state index in [1.165, 1.54) is 237 Å². The molecule has 9 aliphatic heterocycles. The van der Waals surface area contributed by atoms with Crippen molar-refractivity contribution in [2.75, 3.05) is 207 Å². The Balaban J connectivity index is 0.000000181. The summed E-state index contributed by atoms with van der Waals surface area (Å²) in [6, 6.07) is 35.9. The fourth-order valence-corrected chi connectivity index (χ4v) is 20.3. The largest absolute Gasteiger partial charge is 0.444 e. The fraction of sp³-hybridized carbons (Fsp3) is 0.736. The summed E-state index contributed by atoms with van der Waals surface area (Å²) in [7, 11) is 19.7. The standard InChI is InChI=1S/C13H17N3O.C13H26N2O2.C13H19N.C12H17ClN2.C12H16ClN.C12H24N2O2.C11H22N2O2.2C10H19N/c1-15-8-6-10(7-9-15)16-12-5-3-2-4-11(12)14-13(16)17;1-13(2,3)17-12(16)14-8-5-11-6-9-15(4)10-7-11;1-14-9-7-13(8-10-14)11-12-5-3-2-4-6-12;1-14-6-8-15(9-7-14)10-11-2-4-12(13)5-3-11;1-14-8-6-11(7-9-14)10-2-4-12(13)5-3-10;1-12(2,3)16-11(15)13-8-10-6-5-7-14(4)9-10;1-11(2,3)15-10(14)12-9-5-7-13(4)8-6-9;2*1-11-7-6-9-4-2-3-5-10(9)8-11/h2-5,10H,6-9H2,1H3,(H,14,17);11H,5-10H2,1-4H3,(H,14,16);2-6,13H,7-11H2,1H3;2-5H,6-10H2,1H3;2-5,11H,6-9H2,1H3;10H,5-9H2,1-4H3,(H,13,15);9H,5-8H2,1-4H3,(H,12,14);2*9-10H,2-8H2,1H3/t;;;;;;;9-,10+;9-,10-/m.......01/s1. The van der Waals surface area contributed by atoms with Crippen LogP contribution in [0.5, 0.6) is 0 Å². The Hall–Kier alpha value is -5.86. The van der Waals surface area contributed by atoms with Crippen molar-refractivity contribution < 1.29 is 28.6 Å². The van der Waals surface area contributed by atoms with Crippen LogP contribution in [0.15, 0.2) is 108 Å². The summed E-state index contributed by atoms with van der Waals surface area (Å²) >= 11 is 11.7. The van der Waals surface area contributed by atoms with Crippen LogP contribution in [0.4, 0.5) is 14.4 Å². The lowest BCUT2D eigenvalue weighted by atomic mass is 9.75. The van der Waals surface area contributed by atoms with Crippen LogP contribution < -0.4 is 21.6 Å². The number of para-hydroxylation sites is 2. The number of nitrogens with zero attached hydrogens (tertiary/aromatic N) is 11. The van der Waals surface area contributed by atoms with Gasteiger partial charge in [0.15, 0.2) is 0 Å². The maximum Gasteiger partial charge on any atom is 0.407 e. The maximum absolute atomic E-state index is 12.0. The molecule has 4 aromatic carbocycles. The van der Waals surface area contributed by atoms with Gasteiger partial charge in [0.1, 0.15) is 16.8 Å². The lowest BCUT2D eigenvalue weighted by Crippen LogP contribution is -2.45. The molecule has 5 aromatic rings. The number of piperazine rings is 1. The van der Waals surface area contributed by atoms with E-state index in [1.807, 2.05) is 115 Å². The molecule has 734 valence electrons. The third-order valence-corrected chi connectivity index (χ3v) is 28.5. The van der Waals surface area contributed by atoms with E-state index in [0.29, 0.717) is 12.0 Å². The Morgan fingerprint density at radius 3 is 1.32 bits per heavy atom. The van der Waals surface area contributed by atoms with Crippen LogP contribution in [0.1, 0.15) is 239 Å². The molecule has 5 atom stereocenters. The van der Waals surface area contributed by atoms with E-state index in [-0.39, 0.29) is 30.0 Å². The third-order valence-electron chi connectivity index (χ3n) is 28.0. The molecule has 2 aliphatic carbocycles. The number of fused-ring (bicyclic) bond motifs is 3. The molecule has 0 bridgehead atoms.